The number of benzene rings is 1. The van der Waals surface area contributed by atoms with Gasteiger partial charge in [-0.2, -0.15) is 0 Å². The van der Waals surface area contributed by atoms with E-state index < -0.39 is 23.1 Å². The zero-order valence-corrected chi connectivity index (χ0v) is 8.34. The van der Waals surface area contributed by atoms with Crippen molar-refractivity contribution in [2.45, 2.75) is 19.4 Å². The largest absolute Gasteiger partial charge is 0.381 e. The van der Waals surface area contributed by atoms with Crippen LogP contribution in [0.1, 0.15) is 13.8 Å². The molecule has 0 heterocycles. The Labute approximate surface area is 85.7 Å². The summed E-state index contributed by atoms with van der Waals surface area (Å²) in [5.41, 5.74) is -1.62. The predicted molar refractivity (Wildman–Crippen MR) is 51.3 cm³/mol. The smallest absolute Gasteiger partial charge is 0.255 e. The summed E-state index contributed by atoms with van der Waals surface area (Å²) in [7, 11) is 0. The summed E-state index contributed by atoms with van der Waals surface area (Å²) in [6.45, 7) is 2.55. The van der Waals surface area contributed by atoms with Crippen LogP contribution >= 0.6 is 0 Å². The lowest BCUT2D eigenvalue weighted by Crippen LogP contribution is -2.36. The van der Waals surface area contributed by atoms with Crippen LogP contribution in [0.5, 0.6) is 0 Å². The molecular weight excluding hydrogens is 204 g/mol. The summed E-state index contributed by atoms with van der Waals surface area (Å²) in [6.07, 6.45) is 0. The molecule has 1 amide bonds. The second-order valence-electron chi connectivity index (χ2n) is 3.67. The van der Waals surface area contributed by atoms with Crippen molar-refractivity contribution in [1.29, 1.82) is 0 Å². The monoisotopic (exact) mass is 215 g/mol. The van der Waals surface area contributed by atoms with Crippen molar-refractivity contribution >= 4 is 11.6 Å². The molecule has 3 nitrogen and oxygen atoms in total. The lowest BCUT2D eigenvalue weighted by Gasteiger charge is -2.16. The Kier molecular flexibility index (Phi) is 3.04. The Morgan fingerprint density at radius 1 is 1.27 bits per heavy atom. The lowest BCUT2D eigenvalue weighted by atomic mass is 10.1. The molecule has 1 aromatic rings. The number of hydrogen-bond acceptors (Lipinski definition) is 2. The van der Waals surface area contributed by atoms with E-state index in [0.29, 0.717) is 6.07 Å². The Balaban J connectivity index is 2.86. The number of aliphatic hydroxyl groups is 1. The molecule has 5 heteroatoms. The van der Waals surface area contributed by atoms with Crippen LogP contribution in [0, 0.1) is 11.6 Å². The lowest BCUT2D eigenvalue weighted by molar-refractivity contribution is -0.130. The van der Waals surface area contributed by atoms with Crippen LogP contribution in [-0.4, -0.2) is 16.6 Å². The minimum Gasteiger partial charge on any atom is -0.381 e. The Morgan fingerprint density at radius 2 is 1.73 bits per heavy atom. The van der Waals surface area contributed by atoms with Gasteiger partial charge in [-0.15, -0.1) is 0 Å². The first-order valence-electron chi connectivity index (χ1n) is 4.29. The molecule has 0 aliphatic rings. The maximum Gasteiger partial charge on any atom is 0.255 e. The molecule has 15 heavy (non-hydrogen) atoms. The van der Waals surface area contributed by atoms with Gasteiger partial charge in [0.05, 0.1) is 0 Å². The highest BCUT2D eigenvalue weighted by Gasteiger charge is 2.23. The van der Waals surface area contributed by atoms with Crippen LogP contribution in [0.25, 0.3) is 0 Å². The highest BCUT2D eigenvalue weighted by atomic mass is 19.1. The Bertz CT molecular complexity index is 365. The highest BCUT2D eigenvalue weighted by Crippen LogP contribution is 2.14. The third-order valence-electron chi connectivity index (χ3n) is 1.68. The molecule has 0 saturated carbocycles. The van der Waals surface area contributed by atoms with E-state index in [2.05, 4.69) is 5.32 Å². The number of amides is 1. The molecule has 0 aromatic heterocycles. The SMILES string of the molecule is CC(C)(O)C(=O)Nc1cc(F)cc(F)c1. The summed E-state index contributed by atoms with van der Waals surface area (Å²) in [6, 6.07) is 2.62. The van der Waals surface area contributed by atoms with Gasteiger partial charge in [0.1, 0.15) is 17.2 Å². The molecule has 0 atom stereocenters. The van der Waals surface area contributed by atoms with Crippen molar-refractivity contribution in [1.82, 2.24) is 0 Å². The Morgan fingerprint density at radius 3 is 2.13 bits per heavy atom. The first-order chi connectivity index (χ1) is 6.79. The van der Waals surface area contributed by atoms with E-state index in [4.69, 9.17) is 0 Å². The van der Waals surface area contributed by atoms with Crippen LogP contribution in [0.15, 0.2) is 18.2 Å². The molecule has 2 N–H and O–H groups in total. The van der Waals surface area contributed by atoms with Crippen molar-refractivity contribution in [2.75, 3.05) is 5.32 Å². The van der Waals surface area contributed by atoms with E-state index >= 15 is 0 Å². The van der Waals surface area contributed by atoms with Crippen molar-refractivity contribution in [3.8, 4) is 0 Å². The van der Waals surface area contributed by atoms with Crippen LogP contribution in [-0.2, 0) is 4.79 Å². The fraction of sp³-hybridized carbons (Fsp3) is 0.300. The molecule has 0 bridgehead atoms. The van der Waals surface area contributed by atoms with Crippen LogP contribution in [0.4, 0.5) is 14.5 Å². The maximum absolute atomic E-state index is 12.7. The predicted octanol–water partition coefficient (Wildman–Crippen LogP) is 1.67. The highest BCUT2D eigenvalue weighted by molar-refractivity contribution is 5.96. The van der Waals surface area contributed by atoms with E-state index in [0.717, 1.165) is 12.1 Å². The third-order valence-corrected chi connectivity index (χ3v) is 1.68. The summed E-state index contributed by atoms with van der Waals surface area (Å²) >= 11 is 0. The number of carbonyl (C=O) groups is 1. The zero-order chi connectivity index (χ0) is 11.6. The van der Waals surface area contributed by atoms with Crippen molar-refractivity contribution < 1.29 is 18.7 Å². The normalized spacial score (nSPS) is 11.3. The van der Waals surface area contributed by atoms with Crippen molar-refractivity contribution in [3.05, 3.63) is 29.8 Å². The number of hydrogen-bond donors (Lipinski definition) is 2. The quantitative estimate of drug-likeness (QED) is 0.788. The first-order valence-corrected chi connectivity index (χ1v) is 4.29. The molecule has 0 radical (unpaired) electrons. The third kappa shape index (κ3) is 3.28. The molecule has 82 valence electrons. The summed E-state index contributed by atoms with van der Waals surface area (Å²) < 4.78 is 25.4. The zero-order valence-electron chi connectivity index (χ0n) is 8.34. The van der Waals surface area contributed by atoms with Crippen molar-refractivity contribution in [2.24, 2.45) is 0 Å². The van der Waals surface area contributed by atoms with Gasteiger partial charge in [-0.05, 0) is 26.0 Å². The average Bonchev–Trinajstić information content (AvgIpc) is 1.99. The van der Waals surface area contributed by atoms with E-state index in [9.17, 15) is 18.7 Å². The van der Waals surface area contributed by atoms with Crippen LogP contribution in [0.2, 0.25) is 0 Å². The van der Waals surface area contributed by atoms with Gasteiger partial charge in [0.25, 0.3) is 5.91 Å². The maximum atomic E-state index is 12.7. The average molecular weight is 215 g/mol. The molecule has 0 aliphatic heterocycles. The van der Waals surface area contributed by atoms with Gasteiger partial charge in [0.15, 0.2) is 0 Å². The Hall–Kier alpha value is -1.49. The van der Waals surface area contributed by atoms with Crippen LogP contribution in [0.3, 0.4) is 0 Å². The summed E-state index contributed by atoms with van der Waals surface area (Å²) in [4.78, 5) is 11.3. The van der Waals surface area contributed by atoms with Gasteiger partial charge in [0.2, 0.25) is 0 Å². The number of carbonyl (C=O) groups excluding carboxylic acids is 1. The second-order valence-corrected chi connectivity index (χ2v) is 3.67. The minimum atomic E-state index is -1.59. The standard InChI is InChI=1S/C10H11F2NO2/c1-10(2,15)9(14)13-8-4-6(11)3-7(12)5-8/h3-5,15H,1-2H3,(H,13,14). The van der Waals surface area contributed by atoms with Gasteiger partial charge < -0.3 is 10.4 Å². The van der Waals surface area contributed by atoms with Gasteiger partial charge in [-0.25, -0.2) is 8.78 Å². The van der Waals surface area contributed by atoms with E-state index in [1.54, 1.807) is 0 Å². The number of rotatable bonds is 2. The van der Waals surface area contributed by atoms with Gasteiger partial charge in [-0.1, -0.05) is 0 Å². The number of halogens is 2. The molecule has 1 rings (SSSR count). The van der Waals surface area contributed by atoms with Crippen LogP contribution < -0.4 is 5.32 Å². The van der Waals surface area contributed by atoms with Crippen molar-refractivity contribution in [3.63, 3.8) is 0 Å². The topological polar surface area (TPSA) is 49.3 Å². The molecule has 0 saturated heterocycles. The number of anilines is 1. The molecule has 0 spiro atoms. The molecular formula is C10H11F2NO2. The van der Waals surface area contributed by atoms with E-state index in [1.807, 2.05) is 0 Å². The molecule has 1 aromatic carbocycles. The van der Waals surface area contributed by atoms with Gasteiger partial charge in [0, 0.05) is 11.8 Å². The fourth-order valence-electron chi connectivity index (χ4n) is 0.910. The fourth-order valence-corrected chi connectivity index (χ4v) is 0.910. The molecule has 0 unspecified atom stereocenters. The molecule has 0 fully saturated rings. The van der Waals surface area contributed by atoms with E-state index in [1.165, 1.54) is 13.8 Å². The second kappa shape index (κ2) is 3.94. The van der Waals surface area contributed by atoms with E-state index in [-0.39, 0.29) is 5.69 Å². The number of nitrogens with one attached hydrogen (secondary N) is 1. The molecule has 0 aliphatic carbocycles. The minimum absolute atomic E-state index is 0.0281. The van der Waals surface area contributed by atoms with Gasteiger partial charge in [-0.3, -0.25) is 4.79 Å². The summed E-state index contributed by atoms with van der Waals surface area (Å²) in [5.74, 6) is -2.31. The van der Waals surface area contributed by atoms with Gasteiger partial charge >= 0.3 is 0 Å². The summed E-state index contributed by atoms with van der Waals surface area (Å²) in [5, 5.41) is 11.5. The first kappa shape index (κ1) is 11.6.